The Bertz CT molecular complexity index is 1590. The summed E-state index contributed by atoms with van der Waals surface area (Å²) in [6.07, 6.45) is -0.427. The van der Waals surface area contributed by atoms with Crippen molar-refractivity contribution in [3.05, 3.63) is 48.0 Å². The monoisotopic (exact) mass is 724 g/mol. The van der Waals surface area contributed by atoms with Gasteiger partial charge in [0.25, 0.3) is 0 Å². The van der Waals surface area contributed by atoms with Crippen molar-refractivity contribution in [3.8, 4) is 0 Å². The lowest BCUT2D eigenvalue weighted by Crippen LogP contribution is -2.63. The van der Waals surface area contributed by atoms with Crippen LogP contribution >= 0.6 is 19.4 Å². The molecule has 1 saturated heterocycles. The van der Waals surface area contributed by atoms with E-state index in [0.29, 0.717) is 24.7 Å². The highest BCUT2D eigenvalue weighted by Gasteiger charge is 2.41. The fourth-order valence-corrected chi connectivity index (χ4v) is 6.26. The molecule has 16 nitrogen and oxygen atoms in total. The minimum Gasteiger partial charge on any atom is -0.370 e. The van der Waals surface area contributed by atoms with E-state index in [9.17, 15) is 43.1 Å². The number of halogens is 1. The fraction of sp³-hybridized carbons (Fsp3) is 0.484. The van der Waals surface area contributed by atoms with E-state index in [1.165, 1.54) is 6.92 Å². The number of hydrogen-bond donors (Lipinski definition) is 7. The summed E-state index contributed by atoms with van der Waals surface area (Å²) in [5.41, 5.74) is 10.1. The molecule has 268 valence electrons. The van der Waals surface area contributed by atoms with Crippen LogP contribution in [0.5, 0.6) is 0 Å². The number of nitrogens with zero attached hydrogens (tertiary/aromatic N) is 1. The second kappa shape index (κ2) is 17.7. The molecule has 3 rings (SSSR count). The van der Waals surface area contributed by atoms with Gasteiger partial charge < -0.3 is 46.9 Å². The van der Waals surface area contributed by atoms with Crippen molar-refractivity contribution < 1.29 is 47.6 Å². The Morgan fingerprint density at radius 3 is 2.43 bits per heavy atom. The van der Waals surface area contributed by atoms with Crippen LogP contribution in [0.2, 0.25) is 0 Å². The third-order valence-corrected chi connectivity index (χ3v) is 9.08. The third kappa shape index (κ3) is 11.3. The predicted octanol–water partition coefficient (Wildman–Crippen LogP) is -0.252. The molecule has 1 unspecified atom stereocenters. The summed E-state index contributed by atoms with van der Waals surface area (Å²) in [5.74, 6) is -4.47. The average Bonchev–Trinajstić information content (AvgIpc) is 3.07. The highest BCUT2D eigenvalue weighted by molar-refractivity contribution is 7.46. The number of alkyl halides is 1. The van der Waals surface area contributed by atoms with E-state index in [2.05, 4.69) is 20.5 Å². The number of nitrogens with one attached hydrogen (secondary N) is 3. The van der Waals surface area contributed by atoms with Crippen LogP contribution in [-0.2, 0) is 44.3 Å². The third-order valence-electron chi connectivity index (χ3n) is 8.23. The number of hydrogen-bond acceptors (Lipinski definition) is 9. The number of amides is 5. The van der Waals surface area contributed by atoms with Crippen molar-refractivity contribution in [2.75, 3.05) is 19.0 Å². The Hall–Kier alpha value is -3.92. The Labute approximate surface area is 287 Å². The number of likely N-dealkylation sites (tertiary alicyclic amines) is 1. The van der Waals surface area contributed by atoms with Crippen molar-refractivity contribution in [1.29, 1.82) is 0 Å². The number of piperidine rings is 1. The van der Waals surface area contributed by atoms with E-state index >= 15 is 0 Å². The first-order valence-electron chi connectivity index (χ1n) is 15.6. The molecule has 1 aliphatic rings. The maximum atomic E-state index is 13.9. The zero-order valence-electron chi connectivity index (χ0n) is 26.9. The lowest BCUT2D eigenvalue weighted by Gasteiger charge is -2.38. The maximum absolute atomic E-state index is 13.9. The highest BCUT2D eigenvalue weighted by atomic mass is 35.5. The number of carbonyl (C=O) groups is 6. The van der Waals surface area contributed by atoms with Gasteiger partial charge in [0.2, 0.25) is 29.5 Å². The van der Waals surface area contributed by atoms with Crippen LogP contribution < -0.4 is 27.4 Å². The van der Waals surface area contributed by atoms with Crippen molar-refractivity contribution in [2.45, 2.75) is 75.2 Å². The number of rotatable bonds is 17. The number of benzene rings is 2. The molecule has 18 heteroatoms. The molecule has 9 N–H and O–H groups in total. The van der Waals surface area contributed by atoms with E-state index in [-0.39, 0.29) is 38.8 Å². The van der Waals surface area contributed by atoms with Gasteiger partial charge in [0.15, 0.2) is 0 Å². The molecule has 0 saturated carbocycles. The Morgan fingerprint density at radius 2 is 1.82 bits per heavy atom. The van der Waals surface area contributed by atoms with Crippen LogP contribution in [0.1, 0.15) is 44.6 Å². The van der Waals surface area contributed by atoms with E-state index in [0.717, 1.165) is 15.7 Å². The average molecular weight is 725 g/mol. The highest BCUT2D eigenvalue weighted by Crippen LogP contribution is 2.38. The van der Waals surface area contributed by atoms with Crippen LogP contribution in [0.15, 0.2) is 42.5 Å². The van der Waals surface area contributed by atoms with Gasteiger partial charge in [-0.3, -0.25) is 28.5 Å². The van der Waals surface area contributed by atoms with E-state index in [1.807, 2.05) is 36.4 Å². The molecule has 5 atom stereocenters. The molecule has 49 heavy (non-hydrogen) atoms. The van der Waals surface area contributed by atoms with Crippen LogP contribution in [0.4, 0.5) is 0 Å². The summed E-state index contributed by atoms with van der Waals surface area (Å²) in [6.45, 7) is 0.859. The number of primary amides is 1. The minimum atomic E-state index is -5.09. The summed E-state index contributed by atoms with van der Waals surface area (Å²) in [7, 11) is -5.09. The van der Waals surface area contributed by atoms with E-state index < -0.39 is 73.0 Å². The Kier molecular flexibility index (Phi) is 14.2. The van der Waals surface area contributed by atoms with E-state index in [1.54, 1.807) is 6.07 Å². The van der Waals surface area contributed by atoms with Crippen LogP contribution in [0.3, 0.4) is 0 Å². The second-order valence-electron chi connectivity index (χ2n) is 11.9. The second-order valence-corrected chi connectivity index (χ2v) is 13.4. The molecule has 0 bridgehead atoms. The first-order chi connectivity index (χ1) is 23.1. The van der Waals surface area contributed by atoms with Gasteiger partial charge in [0.1, 0.15) is 35.8 Å². The van der Waals surface area contributed by atoms with Gasteiger partial charge in [-0.25, -0.2) is 4.57 Å². The van der Waals surface area contributed by atoms with E-state index in [4.69, 9.17) is 23.1 Å². The molecule has 0 aliphatic carbocycles. The molecule has 0 radical (unpaired) electrons. The van der Waals surface area contributed by atoms with Gasteiger partial charge in [-0.05, 0) is 48.9 Å². The van der Waals surface area contributed by atoms with Gasteiger partial charge in [-0.15, -0.1) is 11.6 Å². The number of aldehydes is 1. The molecule has 0 spiro atoms. The van der Waals surface area contributed by atoms with Crippen molar-refractivity contribution in [3.63, 3.8) is 0 Å². The van der Waals surface area contributed by atoms with Gasteiger partial charge in [0, 0.05) is 25.9 Å². The molecule has 5 amide bonds. The predicted molar refractivity (Wildman–Crippen MR) is 179 cm³/mol. The lowest BCUT2D eigenvalue weighted by atomic mass is 9.93. The summed E-state index contributed by atoms with van der Waals surface area (Å²) in [4.78, 5) is 97.2. The molecule has 2 aromatic rings. The van der Waals surface area contributed by atoms with Gasteiger partial charge >= 0.3 is 7.82 Å². The summed E-state index contributed by atoms with van der Waals surface area (Å²) in [6, 6.07) is 8.90. The molecular formula is C31H42ClN6O10P. The minimum absolute atomic E-state index is 0.0417. The fourth-order valence-electron chi connectivity index (χ4n) is 5.63. The molecule has 1 heterocycles. The van der Waals surface area contributed by atoms with Crippen LogP contribution in [0, 0.1) is 0 Å². The Balaban J connectivity index is 1.94. The molecule has 1 fully saturated rings. The first kappa shape index (κ1) is 39.5. The van der Waals surface area contributed by atoms with Crippen molar-refractivity contribution in [2.24, 2.45) is 11.5 Å². The standard InChI is InChI=1S/C31H42ClN6O10P/c1-19(48-49(45,46)47)27(36-26(41)16-32)30(44)38-13-5-4-8-24(38)29(43)35-23(15-20-9-10-21-6-2-3-7-22(21)14-20)28(42)37-31(17-33,18-39)12-11-25(34)40/h2-3,6-7,9-10,14,18-19,23-24,27H,4-5,8,11-13,15-17,33H2,1H3,(H2,34,40)(H,35,43)(H,36,41)(H,37,42)(H2,45,46,47)/t19?,23-,24-,27-,31+/m0/s1. The number of carbonyl (C=O) groups excluding carboxylic acids is 6. The smallest absolute Gasteiger partial charge is 0.370 e. The maximum Gasteiger partial charge on any atom is 0.469 e. The van der Waals surface area contributed by atoms with Crippen LogP contribution in [0.25, 0.3) is 10.8 Å². The lowest BCUT2D eigenvalue weighted by molar-refractivity contribution is -0.147. The quantitative estimate of drug-likeness (QED) is 0.0635. The molecule has 2 aromatic carbocycles. The first-order valence-corrected chi connectivity index (χ1v) is 17.6. The SMILES string of the molecule is CC(OP(=O)(O)O)[C@H](NC(=O)CCl)C(=O)N1CCCC[C@H]1C(=O)N[C@@H](Cc1ccc2ccccc2c1)C(=O)N[C@@](C=O)(CN)CCC(N)=O. The summed E-state index contributed by atoms with van der Waals surface area (Å²) < 4.78 is 16.2. The van der Waals surface area contributed by atoms with Gasteiger partial charge in [0.05, 0.1) is 6.10 Å². The number of phosphoric ester groups is 1. The zero-order valence-corrected chi connectivity index (χ0v) is 28.5. The molecular weight excluding hydrogens is 683 g/mol. The number of nitrogens with two attached hydrogens (primary N) is 2. The topological polar surface area (TPSA) is 261 Å². The normalized spacial score (nSPS) is 18.0. The molecule has 0 aromatic heterocycles. The summed E-state index contributed by atoms with van der Waals surface area (Å²) in [5, 5.41) is 9.41. The largest absolute Gasteiger partial charge is 0.469 e. The van der Waals surface area contributed by atoms with Gasteiger partial charge in [-0.2, -0.15) is 0 Å². The molecule has 1 aliphatic heterocycles. The number of fused-ring (bicyclic) bond motifs is 1. The van der Waals surface area contributed by atoms with Gasteiger partial charge in [-0.1, -0.05) is 42.5 Å². The zero-order chi connectivity index (χ0) is 36.4. The summed E-state index contributed by atoms with van der Waals surface area (Å²) >= 11 is 5.61. The van der Waals surface area contributed by atoms with Crippen LogP contribution in [-0.4, -0.2) is 99.2 Å². The number of phosphoric acid groups is 1. The Morgan fingerprint density at radius 1 is 1.12 bits per heavy atom. The van der Waals surface area contributed by atoms with Crippen molar-refractivity contribution >= 4 is 66.0 Å². The van der Waals surface area contributed by atoms with Crippen molar-refractivity contribution in [1.82, 2.24) is 20.9 Å².